The van der Waals surface area contributed by atoms with E-state index in [1.54, 1.807) is 11.8 Å². The Bertz CT molecular complexity index is 746. The van der Waals surface area contributed by atoms with E-state index in [-0.39, 0.29) is 0 Å². The number of nitrogens with zero attached hydrogens (tertiary/aromatic N) is 2. The fourth-order valence-electron chi connectivity index (χ4n) is 2.20. The number of aromatic nitrogens is 3. The molecule has 3 aromatic rings. The van der Waals surface area contributed by atoms with E-state index in [4.69, 9.17) is 5.73 Å². The number of H-pyrrole nitrogens is 1. The van der Waals surface area contributed by atoms with Gasteiger partial charge >= 0.3 is 0 Å². The van der Waals surface area contributed by atoms with Gasteiger partial charge in [-0.15, -0.1) is 0 Å². The van der Waals surface area contributed by atoms with Crippen LogP contribution < -0.4 is 5.73 Å². The molecular weight excluding hydrogens is 280 g/mol. The molecule has 3 N–H and O–H groups in total. The van der Waals surface area contributed by atoms with E-state index in [0.29, 0.717) is 5.82 Å². The van der Waals surface area contributed by atoms with Crippen molar-refractivity contribution in [3.8, 4) is 0 Å². The van der Waals surface area contributed by atoms with Gasteiger partial charge < -0.3 is 10.7 Å². The molecule has 21 heavy (non-hydrogen) atoms. The van der Waals surface area contributed by atoms with Gasteiger partial charge in [0.05, 0.1) is 5.03 Å². The molecule has 0 unspecified atom stereocenters. The zero-order chi connectivity index (χ0) is 14.8. The highest BCUT2D eigenvalue weighted by Crippen LogP contribution is 2.32. The number of fused-ring (bicyclic) bond motifs is 1. The van der Waals surface area contributed by atoms with Crippen LogP contribution in [0.4, 0.5) is 5.82 Å². The van der Waals surface area contributed by atoms with Crippen LogP contribution in [0.1, 0.15) is 24.7 Å². The predicted molar refractivity (Wildman–Crippen MR) is 87.6 cm³/mol. The molecule has 0 aliphatic rings. The molecule has 0 spiro atoms. The third kappa shape index (κ3) is 2.88. The minimum Gasteiger partial charge on any atom is -0.383 e. The number of benzene rings is 1. The number of rotatable bonds is 4. The van der Waals surface area contributed by atoms with Crippen molar-refractivity contribution in [2.24, 2.45) is 0 Å². The first-order chi connectivity index (χ1) is 10.2. The molecule has 0 atom stereocenters. The first-order valence-electron chi connectivity index (χ1n) is 7.06. The normalized spacial score (nSPS) is 11.1. The molecule has 0 saturated carbocycles. The summed E-state index contributed by atoms with van der Waals surface area (Å²) in [6.45, 7) is 4.08. The Balaban J connectivity index is 1.96. The largest absolute Gasteiger partial charge is 0.383 e. The Kier molecular flexibility index (Phi) is 3.84. The van der Waals surface area contributed by atoms with Crippen molar-refractivity contribution in [2.75, 3.05) is 5.73 Å². The van der Waals surface area contributed by atoms with Gasteiger partial charge in [-0.3, -0.25) is 0 Å². The average Bonchev–Trinajstić information content (AvgIpc) is 2.87. The van der Waals surface area contributed by atoms with Crippen molar-refractivity contribution in [1.29, 1.82) is 0 Å². The third-order valence-electron chi connectivity index (χ3n) is 3.37. The molecule has 0 aliphatic heterocycles. The maximum atomic E-state index is 6.01. The van der Waals surface area contributed by atoms with Crippen LogP contribution in [-0.2, 0) is 6.42 Å². The summed E-state index contributed by atoms with van der Waals surface area (Å²) in [5, 5.41) is 3.20. The molecule has 0 fully saturated rings. The molecule has 0 saturated heterocycles. The molecular formula is C16H18N4S. The lowest BCUT2D eigenvalue weighted by Crippen LogP contribution is -2.04. The van der Waals surface area contributed by atoms with Crippen molar-refractivity contribution >= 4 is 28.5 Å². The summed E-state index contributed by atoms with van der Waals surface area (Å²) in [4.78, 5) is 12.4. The summed E-state index contributed by atoms with van der Waals surface area (Å²) < 4.78 is 0. The lowest BCUT2D eigenvalue weighted by atomic mass is 10.3. The van der Waals surface area contributed by atoms with Gasteiger partial charge in [-0.2, -0.15) is 0 Å². The van der Waals surface area contributed by atoms with Crippen LogP contribution in [0.2, 0.25) is 0 Å². The van der Waals surface area contributed by atoms with Crippen molar-refractivity contribution < 1.29 is 0 Å². The summed E-state index contributed by atoms with van der Waals surface area (Å²) in [6, 6.07) is 10.4. The quantitative estimate of drug-likeness (QED) is 0.716. The molecule has 1 aromatic carbocycles. The number of hydrogen-bond donors (Lipinski definition) is 2. The van der Waals surface area contributed by atoms with Crippen LogP contribution in [-0.4, -0.2) is 15.0 Å². The van der Waals surface area contributed by atoms with Crippen LogP contribution in [0.5, 0.6) is 0 Å². The predicted octanol–water partition coefficient (Wildman–Crippen LogP) is 3.95. The fourth-order valence-corrected chi connectivity index (χ4v) is 3.16. The second-order valence-corrected chi connectivity index (χ2v) is 6.06. The topological polar surface area (TPSA) is 67.6 Å². The maximum Gasteiger partial charge on any atom is 0.132 e. The summed E-state index contributed by atoms with van der Waals surface area (Å²) >= 11 is 1.61. The van der Waals surface area contributed by atoms with Gasteiger partial charge in [0.2, 0.25) is 0 Å². The van der Waals surface area contributed by atoms with E-state index in [0.717, 1.165) is 39.8 Å². The maximum absolute atomic E-state index is 6.01. The second kappa shape index (κ2) is 5.77. The summed E-state index contributed by atoms with van der Waals surface area (Å²) in [7, 11) is 0. The molecule has 0 amide bonds. The molecule has 0 aliphatic carbocycles. The Labute approximate surface area is 128 Å². The van der Waals surface area contributed by atoms with Crippen molar-refractivity contribution in [2.45, 2.75) is 36.7 Å². The Morgan fingerprint density at radius 1 is 1.24 bits per heavy atom. The standard InChI is InChI=1S/C16H18N4S/c1-3-6-13-19-15(17)10(2)16(20-13)21-14-9-11-7-4-5-8-12(11)18-14/h4-5,7-9,18H,3,6H2,1-2H3,(H2,17,19,20). The van der Waals surface area contributed by atoms with E-state index in [9.17, 15) is 0 Å². The number of nitrogens with one attached hydrogen (secondary N) is 1. The molecule has 5 heteroatoms. The monoisotopic (exact) mass is 298 g/mol. The van der Waals surface area contributed by atoms with Gasteiger partial charge in [-0.25, -0.2) is 9.97 Å². The van der Waals surface area contributed by atoms with E-state index < -0.39 is 0 Å². The smallest absolute Gasteiger partial charge is 0.132 e. The van der Waals surface area contributed by atoms with Crippen molar-refractivity contribution in [3.63, 3.8) is 0 Å². The molecule has 2 heterocycles. The van der Waals surface area contributed by atoms with E-state index in [2.05, 4.69) is 40.1 Å². The zero-order valence-electron chi connectivity index (χ0n) is 12.2. The zero-order valence-corrected chi connectivity index (χ0v) is 13.0. The van der Waals surface area contributed by atoms with Gasteiger partial charge in [0, 0.05) is 22.9 Å². The number of hydrogen-bond acceptors (Lipinski definition) is 4. The number of nitrogens with two attached hydrogens (primary N) is 1. The molecule has 3 rings (SSSR count). The summed E-state index contributed by atoms with van der Waals surface area (Å²) in [5.74, 6) is 1.39. The van der Waals surface area contributed by atoms with Crippen LogP contribution in [0, 0.1) is 6.92 Å². The van der Waals surface area contributed by atoms with Gasteiger partial charge in [-0.1, -0.05) is 36.9 Å². The molecule has 0 radical (unpaired) electrons. The lowest BCUT2D eigenvalue weighted by molar-refractivity contribution is 0.805. The highest BCUT2D eigenvalue weighted by Gasteiger charge is 2.11. The summed E-state index contributed by atoms with van der Waals surface area (Å²) in [5.41, 5.74) is 8.08. The van der Waals surface area contributed by atoms with Crippen molar-refractivity contribution in [3.05, 3.63) is 41.7 Å². The van der Waals surface area contributed by atoms with E-state index in [1.807, 2.05) is 19.1 Å². The first kappa shape index (κ1) is 13.9. The lowest BCUT2D eigenvalue weighted by Gasteiger charge is -2.08. The fraction of sp³-hybridized carbons (Fsp3) is 0.250. The van der Waals surface area contributed by atoms with Crippen molar-refractivity contribution in [1.82, 2.24) is 15.0 Å². The van der Waals surface area contributed by atoms with Crippen LogP contribution in [0.3, 0.4) is 0 Å². The molecule has 4 nitrogen and oxygen atoms in total. The number of para-hydroxylation sites is 1. The van der Waals surface area contributed by atoms with E-state index in [1.165, 1.54) is 5.39 Å². The minimum atomic E-state index is 0.576. The minimum absolute atomic E-state index is 0.576. The second-order valence-electron chi connectivity index (χ2n) is 5.03. The highest BCUT2D eigenvalue weighted by molar-refractivity contribution is 7.99. The average molecular weight is 298 g/mol. The summed E-state index contributed by atoms with van der Waals surface area (Å²) in [6.07, 6.45) is 1.86. The molecule has 0 bridgehead atoms. The Morgan fingerprint density at radius 3 is 2.81 bits per heavy atom. The highest BCUT2D eigenvalue weighted by atomic mass is 32.2. The molecule has 2 aromatic heterocycles. The van der Waals surface area contributed by atoms with Gasteiger partial charge in [0.15, 0.2) is 0 Å². The Morgan fingerprint density at radius 2 is 2.05 bits per heavy atom. The Hall–Kier alpha value is -2.01. The van der Waals surface area contributed by atoms with Gasteiger partial charge in [0.1, 0.15) is 16.7 Å². The third-order valence-corrected chi connectivity index (χ3v) is 4.40. The van der Waals surface area contributed by atoms with Crippen LogP contribution in [0.25, 0.3) is 10.9 Å². The van der Waals surface area contributed by atoms with E-state index >= 15 is 0 Å². The molecule has 108 valence electrons. The van der Waals surface area contributed by atoms with Crippen LogP contribution >= 0.6 is 11.8 Å². The first-order valence-corrected chi connectivity index (χ1v) is 7.87. The number of aromatic amines is 1. The van der Waals surface area contributed by atoms with Crippen LogP contribution in [0.15, 0.2) is 40.4 Å². The van der Waals surface area contributed by atoms with Gasteiger partial charge in [0.25, 0.3) is 0 Å². The number of nitrogen functional groups attached to an aromatic ring is 1. The number of anilines is 1. The van der Waals surface area contributed by atoms with Gasteiger partial charge in [-0.05, 0) is 25.5 Å². The SMILES string of the molecule is CCCc1nc(N)c(C)c(Sc2cc3ccccc3[nH]2)n1. The number of aryl methyl sites for hydroxylation is 1.